The summed E-state index contributed by atoms with van der Waals surface area (Å²) in [6.07, 6.45) is 40.9. The summed E-state index contributed by atoms with van der Waals surface area (Å²) in [5.74, 6) is -0.594. The quantitative estimate of drug-likeness (QED) is 0.0440. The van der Waals surface area contributed by atoms with Crippen LogP contribution in [-0.2, 0) is 19.1 Å². The molecule has 0 saturated heterocycles. The Morgan fingerprint density at radius 3 is 1.39 bits per heavy atom. The largest absolute Gasteiger partial charge is 0.462 e. The molecule has 0 bridgehead atoms. The van der Waals surface area contributed by atoms with Gasteiger partial charge >= 0.3 is 11.9 Å². The zero-order valence-electron chi connectivity index (χ0n) is 29.2. The standard InChI is InChI=1S/C39H72O5/c1-3-5-7-9-11-13-15-17-18-19-20-22-24-26-28-30-32-34-39(42)44-37(35-40)36-43-38(41)33-31-29-27-25-23-21-16-14-12-10-8-6-4-2/h11,13,17-18,37,40H,3-10,12,14-16,19-36H2,1-2H3. The molecule has 44 heavy (non-hydrogen) atoms. The van der Waals surface area contributed by atoms with E-state index < -0.39 is 6.10 Å². The van der Waals surface area contributed by atoms with Crippen LogP contribution in [0.4, 0.5) is 0 Å². The number of hydrogen-bond acceptors (Lipinski definition) is 5. The molecule has 0 aromatic heterocycles. The predicted molar refractivity (Wildman–Crippen MR) is 187 cm³/mol. The number of unbranched alkanes of at least 4 members (excludes halogenated alkanes) is 22. The fraction of sp³-hybridized carbons (Fsp3) is 0.846. The zero-order chi connectivity index (χ0) is 32.2. The van der Waals surface area contributed by atoms with Gasteiger partial charge in [0.25, 0.3) is 0 Å². The number of carbonyl (C=O) groups is 2. The van der Waals surface area contributed by atoms with Gasteiger partial charge in [-0.2, -0.15) is 0 Å². The monoisotopic (exact) mass is 621 g/mol. The van der Waals surface area contributed by atoms with E-state index in [1.807, 2.05) is 0 Å². The van der Waals surface area contributed by atoms with Crippen LogP contribution in [0.1, 0.15) is 194 Å². The third-order valence-electron chi connectivity index (χ3n) is 8.25. The maximum atomic E-state index is 12.1. The molecule has 1 unspecified atom stereocenters. The Kier molecular flexibility index (Phi) is 34.5. The number of rotatable bonds is 34. The molecule has 0 amide bonds. The molecule has 0 aliphatic heterocycles. The van der Waals surface area contributed by atoms with Gasteiger partial charge in [0.05, 0.1) is 6.61 Å². The van der Waals surface area contributed by atoms with Crippen molar-refractivity contribution in [3.63, 3.8) is 0 Å². The molecule has 1 atom stereocenters. The summed E-state index contributed by atoms with van der Waals surface area (Å²) < 4.78 is 10.6. The second kappa shape index (κ2) is 35.9. The molecular formula is C39H72O5. The molecule has 0 aliphatic rings. The molecule has 0 rings (SSSR count). The Morgan fingerprint density at radius 1 is 0.523 bits per heavy atom. The highest BCUT2D eigenvalue weighted by Gasteiger charge is 2.16. The minimum absolute atomic E-state index is 0.0650. The highest BCUT2D eigenvalue weighted by Crippen LogP contribution is 2.14. The number of aliphatic hydroxyl groups excluding tert-OH is 1. The Balaban J connectivity index is 3.56. The van der Waals surface area contributed by atoms with Gasteiger partial charge in [-0.05, 0) is 44.9 Å². The molecule has 0 aromatic carbocycles. The highest BCUT2D eigenvalue weighted by atomic mass is 16.6. The third kappa shape index (κ3) is 33.3. The van der Waals surface area contributed by atoms with E-state index in [2.05, 4.69) is 38.2 Å². The SMILES string of the molecule is CCCCCC=CCC=CCCCCCCCCCC(=O)OC(CO)COC(=O)CCCCCCCCCCCCCCC. The fourth-order valence-corrected chi connectivity index (χ4v) is 5.35. The van der Waals surface area contributed by atoms with E-state index in [0.29, 0.717) is 12.8 Å². The third-order valence-corrected chi connectivity index (χ3v) is 8.25. The van der Waals surface area contributed by atoms with Crippen molar-refractivity contribution in [1.82, 2.24) is 0 Å². The smallest absolute Gasteiger partial charge is 0.306 e. The van der Waals surface area contributed by atoms with Gasteiger partial charge in [0.2, 0.25) is 0 Å². The Bertz CT molecular complexity index is 671. The normalized spacial score (nSPS) is 12.3. The first kappa shape index (κ1) is 42.4. The van der Waals surface area contributed by atoms with Crippen LogP contribution in [0, 0.1) is 0 Å². The number of aliphatic hydroxyl groups is 1. The lowest BCUT2D eigenvalue weighted by Gasteiger charge is -2.15. The molecule has 0 aromatic rings. The van der Waals surface area contributed by atoms with Gasteiger partial charge in [-0.3, -0.25) is 9.59 Å². The summed E-state index contributed by atoms with van der Waals surface area (Å²) in [6.45, 7) is 4.11. The van der Waals surface area contributed by atoms with Crippen LogP contribution in [0.3, 0.4) is 0 Å². The van der Waals surface area contributed by atoms with Crippen molar-refractivity contribution in [3.8, 4) is 0 Å². The van der Waals surface area contributed by atoms with Gasteiger partial charge in [-0.25, -0.2) is 0 Å². The first-order valence-corrected chi connectivity index (χ1v) is 18.9. The molecule has 0 saturated carbocycles. The number of esters is 2. The van der Waals surface area contributed by atoms with E-state index in [4.69, 9.17) is 9.47 Å². The molecule has 258 valence electrons. The van der Waals surface area contributed by atoms with Crippen molar-refractivity contribution >= 4 is 11.9 Å². The van der Waals surface area contributed by atoms with Gasteiger partial charge in [0, 0.05) is 12.8 Å². The molecule has 1 N–H and O–H groups in total. The Labute approximate surface area is 273 Å². The van der Waals surface area contributed by atoms with Gasteiger partial charge in [0.15, 0.2) is 6.10 Å². The number of hydrogen-bond donors (Lipinski definition) is 1. The first-order chi connectivity index (χ1) is 21.6. The van der Waals surface area contributed by atoms with Gasteiger partial charge in [-0.15, -0.1) is 0 Å². The lowest BCUT2D eigenvalue weighted by molar-refractivity contribution is -0.161. The van der Waals surface area contributed by atoms with Gasteiger partial charge < -0.3 is 14.6 Å². The topological polar surface area (TPSA) is 72.8 Å². The minimum Gasteiger partial charge on any atom is -0.462 e. The average molecular weight is 621 g/mol. The van der Waals surface area contributed by atoms with Crippen LogP contribution in [0.2, 0.25) is 0 Å². The first-order valence-electron chi connectivity index (χ1n) is 18.9. The van der Waals surface area contributed by atoms with Crippen molar-refractivity contribution in [3.05, 3.63) is 24.3 Å². The van der Waals surface area contributed by atoms with Crippen molar-refractivity contribution < 1.29 is 24.2 Å². The lowest BCUT2D eigenvalue weighted by Crippen LogP contribution is -2.28. The molecule has 0 radical (unpaired) electrons. The van der Waals surface area contributed by atoms with Crippen LogP contribution < -0.4 is 0 Å². The summed E-state index contributed by atoms with van der Waals surface area (Å²) in [4.78, 5) is 24.2. The Hall–Kier alpha value is -1.62. The molecule has 0 aliphatic carbocycles. The van der Waals surface area contributed by atoms with E-state index >= 15 is 0 Å². The van der Waals surface area contributed by atoms with Crippen LogP contribution in [0.15, 0.2) is 24.3 Å². The van der Waals surface area contributed by atoms with Crippen LogP contribution in [-0.4, -0.2) is 36.4 Å². The van der Waals surface area contributed by atoms with E-state index in [9.17, 15) is 14.7 Å². The summed E-state index contributed by atoms with van der Waals surface area (Å²) in [7, 11) is 0. The van der Waals surface area contributed by atoms with Crippen molar-refractivity contribution in [2.24, 2.45) is 0 Å². The summed E-state index contributed by atoms with van der Waals surface area (Å²) in [6, 6.07) is 0. The number of ether oxygens (including phenoxy) is 2. The molecule has 5 nitrogen and oxygen atoms in total. The fourth-order valence-electron chi connectivity index (χ4n) is 5.35. The maximum absolute atomic E-state index is 12.1. The van der Waals surface area contributed by atoms with Crippen molar-refractivity contribution in [1.29, 1.82) is 0 Å². The molecular weight excluding hydrogens is 548 g/mol. The summed E-state index contributed by atoms with van der Waals surface area (Å²) in [5, 5.41) is 9.53. The van der Waals surface area contributed by atoms with Gasteiger partial charge in [-0.1, -0.05) is 160 Å². The van der Waals surface area contributed by atoms with Crippen LogP contribution in [0.5, 0.6) is 0 Å². The second-order valence-electron chi connectivity index (χ2n) is 12.7. The van der Waals surface area contributed by atoms with E-state index in [-0.39, 0.29) is 25.2 Å². The van der Waals surface area contributed by atoms with Crippen molar-refractivity contribution in [2.45, 2.75) is 200 Å². The number of allylic oxidation sites excluding steroid dienone is 4. The van der Waals surface area contributed by atoms with Gasteiger partial charge in [0.1, 0.15) is 6.61 Å². The predicted octanol–water partition coefficient (Wildman–Crippen LogP) is 11.5. The number of carbonyl (C=O) groups excluding carboxylic acids is 2. The van der Waals surface area contributed by atoms with E-state index in [0.717, 1.165) is 51.4 Å². The molecule has 0 fully saturated rings. The van der Waals surface area contributed by atoms with Crippen LogP contribution in [0.25, 0.3) is 0 Å². The second-order valence-corrected chi connectivity index (χ2v) is 12.7. The Morgan fingerprint density at radius 2 is 0.909 bits per heavy atom. The van der Waals surface area contributed by atoms with Crippen molar-refractivity contribution in [2.75, 3.05) is 13.2 Å². The molecule has 5 heteroatoms. The molecule has 0 heterocycles. The molecule has 0 spiro atoms. The van der Waals surface area contributed by atoms with E-state index in [1.54, 1.807) is 0 Å². The average Bonchev–Trinajstić information content (AvgIpc) is 3.02. The maximum Gasteiger partial charge on any atom is 0.306 e. The zero-order valence-corrected chi connectivity index (χ0v) is 29.2. The summed E-state index contributed by atoms with van der Waals surface area (Å²) in [5.41, 5.74) is 0. The minimum atomic E-state index is -0.769. The van der Waals surface area contributed by atoms with E-state index in [1.165, 1.54) is 116 Å². The lowest BCUT2D eigenvalue weighted by atomic mass is 10.0. The summed E-state index contributed by atoms with van der Waals surface area (Å²) >= 11 is 0. The van der Waals surface area contributed by atoms with Crippen LogP contribution >= 0.6 is 0 Å². The highest BCUT2D eigenvalue weighted by molar-refractivity contribution is 5.70.